The van der Waals surface area contributed by atoms with Gasteiger partial charge in [0.25, 0.3) is 17.7 Å². The van der Waals surface area contributed by atoms with E-state index in [4.69, 9.17) is 12.2 Å². The van der Waals surface area contributed by atoms with Gasteiger partial charge in [0, 0.05) is 17.0 Å². The molecule has 2 aromatic carbocycles. The Balaban J connectivity index is 1.67. The predicted molar refractivity (Wildman–Crippen MR) is 136 cm³/mol. The molecule has 7 nitrogen and oxygen atoms in total. The normalized spacial score (nSPS) is 15.0. The molecule has 1 aliphatic heterocycles. The Labute approximate surface area is 203 Å². The van der Waals surface area contributed by atoms with Crippen molar-refractivity contribution in [1.29, 1.82) is 0 Å². The summed E-state index contributed by atoms with van der Waals surface area (Å²) in [5, 5.41) is 2.65. The molecule has 3 amide bonds. The van der Waals surface area contributed by atoms with E-state index in [9.17, 15) is 14.4 Å². The van der Waals surface area contributed by atoms with Gasteiger partial charge >= 0.3 is 0 Å². The predicted octanol–water partition coefficient (Wildman–Crippen LogP) is 3.94. The van der Waals surface area contributed by atoms with Crippen LogP contribution in [-0.4, -0.2) is 27.5 Å². The highest BCUT2D eigenvalue weighted by molar-refractivity contribution is 7.80. The van der Waals surface area contributed by atoms with E-state index < -0.39 is 11.8 Å². The van der Waals surface area contributed by atoms with Crippen molar-refractivity contribution in [1.82, 2.24) is 9.99 Å². The van der Waals surface area contributed by atoms with Gasteiger partial charge in [0.05, 0.1) is 5.69 Å². The van der Waals surface area contributed by atoms with Crippen LogP contribution < -0.4 is 15.6 Å². The third-order valence-corrected chi connectivity index (χ3v) is 6.15. The van der Waals surface area contributed by atoms with Crippen LogP contribution in [0.1, 0.15) is 38.4 Å². The van der Waals surface area contributed by atoms with Crippen LogP contribution in [0, 0.1) is 27.7 Å². The first-order chi connectivity index (χ1) is 16.2. The highest BCUT2D eigenvalue weighted by atomic mass is 32.1. The van der Waals surface area contributed by atoms with Gasteiger partial charge in [0.1, 0.15) is 5.57 Å². The van der Waals surface area contributed by atoms with Crippen molar-refractivity contribution in [3.8, 4) is 0 Å². The first-order valence-electron chi connectivity index (χ1n) is 10.7. The summed E-state index contributed by atoms with van der Waals surface area (Å²) in [6, 6.07) is 16.2. The highest BCUT2D eigenvalue weighted by Gasteiger charge is 2.34. The maximum absolute atomic E-state index is 13.3. The number of carbonyl (C=O) groups excluding carboxylic acids is 3. The third-order valence-electron chi connectivity index (χ3n) is 5.87. The van der Waals surface area contributed by atoms with Gasteiger partial charge in [-0.3, -0.25) is 34.7 Å². The van der Waals surface area contributed by atoms with Gasteiger partial charge < -0.3 is 0 Å². The van der Waals surface area contributed by atoms with Crippen LogP contribution >= 0.6 is 12.2 Å². The number of nitrogens with zero attached hydrogens (tertiary/aromatic N) is 2. The maximum Gasteiger partial charge on any atom is 0.270 e. The van der Waals surface area contributed by atoms with Gasteiger partial charge in [-0.15, -0.1) is 0 Å². The summed E-state index contributed by atoms with van der Waals surface area (Å²) >= 11 is 5.30. The van der Waals surface area contributed by atoms with Crippen LogP contribution in [0.5, 0.6) is 0 Å². The molecule has 8 heteroatoms. The summed E-state index contributed by atoms with van der Waals surface area (Å²) in [5.74, 6) is -1.33. The molecule has 0 spiro atoms. The fourth-order valence-electron chi connectivity index (χ4n) is 3.77. The molecule has 2 heterocycles. The van der Waals surface area contributed by atoms with E-state index in [0.29, 0.717) is 22.5 Å². The minimum Gasteiger partial charge on any atom is -0.298 e. The van der Waals surface area contributed by atoms with E-state index in [1.54, 1.807) is 35.0 Å². The Hall–Kier alpha value is -4.04. The molecule has 0 aliphatic carbocycles. The molecule has 172 valence electrons. The zero-order valence-electron chi connectivity index (χ0n) is 19.3. The summed E-state index contributed by atoms with van der Waals surface area (Å²) in [5.41, 5.74) is 8.09. The number of thiocarbonyl (C=S) groups is 1. The minimum atomic E-state index is -0.562. The molecule has 1 saturated heterocycles. The number of aromatic nitrogens is 1. The van der Waals surface area contributed by atoms with Gasteiger partial charge in [0.15, 0.2) is 5.11 Å². The molecule has 34 heavy (non-hydrogen) atoms. The number of aryl methyl sites for hydroxylation is 3. The van der Waals surface area contributed by atoms with Gasteiger partial charge in [-0.25, -0.2) is 0 Å². The molecule has 3 aromatic rings. The smallest absolute Gasteiger partial charge is 0.270 e. The van der Waals surface area contributed by atoms with E-state index in [-0.39, 0.29) is 16.6 Å². The lowest BCUT2D eigenvalue weighted by Gasteiger charge is -2.29. The lowest BCUT2D eigenvalue weighted by atomic mass is 10.1. The summed E-state index contributed by atoms with van der Waals surface area (Å²) in [6.07, 6.45) is 1.53. The average Bonchev–Trinajstić information content (AvgIpc) is 3.06. The van der Waals surface area contributed by atoms with Crippen LogP contribution in [-0.2, 0) is 9.59 Å². The summed E-state index contributed by atoms with van der Waals surface area (Å²) in [6.45, 7) is 7.57. The Kier molecular flexibility index (Phi) is 6.17. The van der Waals surface area contributed by atoms with E-state index in [0.717, 1.165) is 16.8 Å². The zero-order chi connectivity index (χ0) is 24.6. The van der Waals surface area contributed by atoms with Gasteiger partial charge in [-0.1, -0.05) is 24.3 Å². The molecule has 1 fully saturated rings. The van der Waals surface area contributed by atoms with Crippen LogP contribution in [0.3, 0.4) is 0 Å². The Bertz CT molecular complexity index is 1370. The maximum atomic E-state index is 13.3. The van der Waals surface area contributed by atoms with E-state index in [2.05, 4.69) is 10.7 Å². The van der Waals surface area contributed by atoms with Crippen molar-refractivity contribution in [2.45, 2.75) is 27.7 Å². The van der Waals surface area contributed by atoms with Crippen molar-refractivity contribution < 1.29 is 14.4 Å². The van der Waals surface area contributed by atoms with Crippen molar-refractivity contribution in [2.75, 3.05) is 10.3 Å². The number of rotatable bonds is 4. The zero-order valence-corrected chi connectivity index (χ0v) is 20.1. The van der Waals surface area contributed by atoms with Gasteiger partial charge in [-0.05, 0) is 93.0 Å². The van der Waals surface area contributed by atoms with Crippen molar-refractivity contribution in [2.24, 2.45) is 0 Å². The molecule has 0 unspecified atom stereocenters. The van der Waals surface area contributed by atoms with Crippen LogP contribution in [0.4, 0.5) is 5.69 Å². The lowest BCUT2D eigenvalue weighted by Crippen LogP contribution is -2.54. The van der Waals surface area contributed by atoms with Gasteiger partial charge in [0.2, 0.25) is 0 Å². The Morgan fingerprint density at radius 2 is 1.68 bits per heavy atom. The molecule has 0 saturated carbocycles. The average molecular weight is 473 g/mol. The first kappa shape index (κ1) is 23.1. The molecule has 0 bridgehead atoms. The first-order valence-corrected chi connectivity index (χ1v) is 11.1. The summed E-state index contributed by atoms with van der Waals surface area (Å²) < 4.78 is 1.64. The van der Waals surface area contributed by atoms with Crippen molar-refractivity contribution in [3.63, 3.8) is 0 Å². The summed E-state index contributed by atoms with van der Waals surface area (Å²) in [7, 11) is 0. The second-order valence-corrected chi connectivity index (χ2v) is 8.58. The number of carbonyl (C=O) groups is 3. The monoisotopic (exact) mass is 472 g/mol. The van der Waals surface area contributed by atoms with E-state index >= 15 is 0 Å². The molecule has 2 N–H and O–H groups in total. The second kappa shape index (κ2) is 9.07. The number of hydrogen-bond acceptors (Lipinski definition) is 4. The number of amides is 3. The van der Waals surface area contributed by atoms with Crippen LogP contribution in [0.25, 0.3) is 6.08 Å². The largest absolute Gasteiger partial charge is 0.298 e. The molecule has 0 atom stereocenters. The van der Waals surface area contributed by atoms with Crippen LogP contribution in [0.15, 0.2) is 60.2 Å². The fraction of sp³-hybridized carbons (Fsp3) is 0.154. The Morgan fingerprint density at radius 3 is 2.35 bits per heavy atom. The van der Waals surface area contributed by atoms with E-state index in [1.807, 2.05) is 52.0 Å². The molecule has 0 radical (unpaired) electrons. The molecule has 4 rings (SSSR count). The minimum absolute atomic E-state index is 0.0380. The van der Waals surface area contributed by atoms with Crippen molar-refractivity contribution in [3.05, 3.63) is 93.8 Å². The topological polar surface area (TPSA) is 83.4 Å². The quantitative estimate of drug-likeness (QED) is 0.342. The molecule has 1 aromatic heterocycles. The number of nitrogens with one attached hydrogen (secondary N) is 2. The fourth-order valence-corrected chi connectivity index (χ4v) is 4.05. The number of hydrogen-bond donors (Lipinski definition) is 2. The van der Waals surface area contributed by atoms with Crippen LogP contribution in [0.2, 0.25) is 0 Å². The SMILES string of the molecule is Cc1ccc(N2C(=O)/C(=C/c3cc(C)n(NC(=O)c4ccccc4)c3C)C(=O)NC2=S)cc1C. The second-order valence-electron chi connectivity index (χ2n) is 8.20. The molecular formula is C26H24N4O3S. The van der Waals surface area contributed by atoms with Crippen molar-refractivity contribution >= 4 is 46.8 Å². The summed E-state index contributed by atoms with van der Waals surface area (Å²) in [4.78, 5) is 40.0. The third kappa shape index (κ3) is 4.27. The van der Waals surface area contributed by atoms with E-state index in [1.165, 1.54) is 11.0 Å². The van der Waals surface area contributed by atoms with Gasteiger partial charge in [-0.2, -0.15) is 0 Å². The highest BCUT2D eigenvalue weighted by Crippen LogP contribution is 2.25. The molecule has 1 aliphatic rings. The lowest BCUT2D eigenvalue weighted by molar-refractivity contribution is -0.122. The standard InChI is InChI=1S/C26H24N4O3S/c1-15-10-11-21(12-16(15)2)29-25(33)22(24(32)27-26(29)34)14-20-13-17(3)30(18(20)4)28-23(31)19-8-6-5-7-9-19/h5-14H,1-4H3,(H,28,31)(H,27,32,34)/b22-14+. The molecular weight excluding hydrogens is 448 g/mol. The Morgan fingerprint density at radius 1 is 0.971 bits per heavy atom. The number of benzene rings is 2. The number of anilines is 1.